The number of carbonyl (C=O) groups excluding carboxylic acids is 1. The molecule has 1 atom stereocenters. The highest BCUT2D eigenvalue weighted by Gasteiger charge is 2.18. The van der Waals surface area contributed by atoms with Gasteiger partial charge in [0, 0.05) is 24.1 Å². The summed E-state index contributed by atoms with van der Waals surface area (Å²) in [6.45, 7) is 0. The molecule has 2 rings (SSSR count). The first-order valence-corrected chi connectivity index (χ1v) is 6.45. The van der Waals surface area contributed by atoms with Crippen LogP contribution in [0.4, 0.5) is 0 Å². The largest absolute Gasteiger partial charge is 0.376 e. The van der Waals surface area contributed by atoms with Crippen molar-refractivity contribution in [3.8, 4) is 0 Å². The quantitative estimate of drug-likeness (QED) is 0.760. The predicted molar refractivity (Wildman–Crippen MR) is 76.6 cm³/mol. The molecular weight excluding hydrogens is 260 g/mol. The van der Waals surface area contributed by atoms with E-state index in [1.54, 1.807) is 13.2 Å². The molecule has 0 heterocycles. The predicted octanol–water partition coefficient (Wildman–Crippen LogP) is 4.30. The first kappa shape index (κ1) is 13.8. The summed E-state index contributed by atoms with van der Waals surface area (Å²) in [7, 11) is 1.59. The topological polar surface area (TPSA) is 26.3 Å². The summed E-state index contributed by atoms with van der Waals surface area (Å²) in [5.41, 5.74) is 1.53. The van der Waals surface area contributed by atoms with Crippen molar-refractivity contribution in [1.29, 1.82) is 0 Å². The van der Waals surface area contributed by atoms with Crippen LogP contribution in [-0.2, 0) is 4.74 Å². The van der Waals surface area contributed by atoms with Crippen LogP contribution in [0.15, 0.2) is 54.6 Å². The third kappa shape index (κ3) is 3.43. The van der Waals surface area contributed by atoms with Gasteiger partial charge in [-0.1, -0.05) is 60.1 Å². The number of Topliss-reactive ketones (excluding diaryl/α,β-unsaturated/α-hetero) is 1. The monoisotopic (exact) mass is 274 g/mol. The van der Waals surface area contributed by atoms with Gasteiger partial charge >= 0.3 is 0 Å². The summed E-state index contributed by atoms with van der Waals surface area (Å²) in [4.78, 5) is 12.2. The standard InChI is InChI=1S/C16H15ClO2/c1-19-16(13-9-5-6-10-14(13)17)11-15(18)12-7-3-2-4-8-12/h2-10,16H,11H2,1H3. The van der Waals surface area contributed by atoms with Crippen LogP contribution in [0.2, 0.25) is 5.02 Å². The zero-order valence-corrected chi connectivity index (χ0v) is 11.4. The lowest BCUT2D eigenvalue weighted by atomic mass is 10.00. The van der Waals surface area contributed by atoms with Crippen molar-refractivity contribution < 1.29 is 9.53 Å². The van der Waals surface area contributed by atoms with Crippen LogP contribution in [0.25, 0.3) is 0 Å². The summed E-state index contributed by atoms with van der Waals surface area (Å²) < 4.78 is 5.40. The molecule has 0 radical (unpaired) electrons. The smallest absolute Gasteiger partial charge is 0.165 e. The molecule has 0 saturated carbocycles. The molecule has 0 aliphatic carbocycles. The van der Waals surface area contributed by atoms with E-state index in [0.717, 1.165) is 5.56 Å². The number of ketones is 1. The molecule has 3 heteroatoms. The highest BCUT2D eigenvalue weighted by molar-refractivity contribution is 6.31. The van der Waals surface area contributed by atoms with E-state index in [2.05, 4.69) is 0 Å². The summed E-state index contributed by atoms with van der Waals surface area (Å²) in [5.74, 6) is 0.0485. The van der Waals surface area contributed by atoms with Gasteiger partial charge in [0.05, 0.1) is 6.10 Å². The second kappa shape index (κ2) is 6.50. The highest BCUT2D eigenvalue weighted by atomic mass is 35.5. The van der Waals surface area contributed by atoms with Crippen molar-refractivity contribution in [3.05, 3.63) is 70.7 Å². The lowest BCUT2D eigenvalue weighted by Crippen LogP contribution is -2.09. The highest BCUT2D eigenvalue weighted by Crippen LogP contribution is 2.28. The van der Waals surface area contributed by atoms with E-state index >= 15 is 0 Å². The van der Waals surface area contributed by atoms with E-state index in [-0.39, 0.29) is 18.3 Å². The third-order valence-corrected chi connectivity index (χ3v) is 3.35. The van der Waals surface area contributed by atoms with Crippen LogP contribution in [0.1, 0.15) is 28.4 Å². The SMILES string of the molecule is COC(CC(=O)c1ccccc1)c1ccccc1Cl. The van der Waals surface area contributed by atoms with Gasteiger partial charge in [0.1, 0.15) is 0 Å². The van der Waals surface area contributed by atoms with Gasteiger partial charge in [0.2, 0.25) is 0 Å². The zero-order valence-electron chi connectivity index (χ0n) is 10.7. The van der Waals surface area contributed by atoms with Gasteiger partial charge < -0.3 is 4.74 Å². The molecule has 19 heavy (non-hydrogen) atoms. The fourth-order valence-corrected chi connectivity index (χ4v) is 2.22. The van der Waals surface area contributed by atoms with E-state index in [4.69, 9.17) is 16.3 Å². The van der Waals surface area contributed by atoms with E-state index in [1.165, 1.54) is 0 Å². The summed E-state index contributed by atoms with van der Waals surface area (Å²) in [5, 5.41) is 0.621. The van der Waals surface area contributed by atoms with Crippen molar-refractivity contribution in [3.63, 3.8) is 0 Å². The molecule has 2 aromatic carbocycles. The summed E-state index contributed by atoms with van der Waals surface area (Å²) in [6, 6.07) is 16.6. The van der Waals surface area contributed by atoms with E-state index in [1.807, 2.05) is 48.5 Å². The molecule has 0 fully saturated rings. The minimum absolute atomic E-state index is 0.0485. The molecule has 0 amide bonds. The first-order chi connectivity index (χ1) is 9.22. The molecule has 0 spiro atoms. The second-order valence-corrected chi connectivity index (χ2v) is 4.65. The molecule has 0 saturated heterocycles. The molecule has 2 aromatic rings. The first-order valence-electron chi connectivity index (χ1n) is 6.08. The van der Waals surface area contributed by atoms with Crippen molar-refractivity contribution in [1.82, 2.24) is 0 Å². The van der Waals surface area contributed by atoms with Crippen molar-refractivity contribution in [2.45, 2.75) is 12.5 Å². The fourth-order valence-electron chi connectivity index (χ4n) is 1.97. The van der Waals surface area contributed by atoms with Crippen LogP contribution in [0, 0.1) is 0 Å². The van der Waals surface area contributed by atoms with Crippen molar-refractivity contribution >= 4 is 17.4 Å². The Labute approximate surface area is 118 Å². The molecule has 0 aliphatic heterocycles. The number of benzene rings is 2. The van der Waals surface area contributed by atoms with Crippen molar-refractivity contribution in [2.75, 3.05) is 7.11 Å². The van der Waals surface area contributed by atoms with Crippen LogP contribution in [-0.4, -0.2) is 12.9 Å². The normalized spacial score (nSPS) is 12.1. The van der Waals surface area contributed by atoms with Gasteiger partial charge in [-0.15, -0.1) is 0 Å². The Morgan fingerprint density at radius 2 is 1.74 bits per heavy atom. The van der Waals surface area contributed by atoms with Crippen LogP contribution in [0.3, 0.4) is 0 Å². The molecule has 98 valence electrons. The van der Waals surface area contributed by atoms with E-state index < -0.39 is 0 Å². The number of hydrogen-bond acceptors (Lipinski definition) is 2. The Morgan fingerprint density at radius 3 is 2.37 bits per heavy atom. The number of methoxy groups -OCH3 is 1. The van der Waals surface area contributed by atoms with Gasteiger partial charge in [-0.05, 0) is 11.6 Å². The van der Waals surface area contributed by atoms with Gasteiger partial charge in [0.15, 0.2) is 5.78 Å². The minimum atomic E-state index is -0.318. The molecule has 0 N–H and O–H groups in total. The maximum absolute atomic E-state index is 12.2. The lowest BCUT2D eigenvalue weighted by molar-refractivity contribution is 0.0731. The molecule has 0 aromatic heterocycles. The van der Waals surface area contributed by atoms with Gasteiger partial charge in [-0.3, -0.25) is 4.79 Å². The number of rotatable bonds is 5. The van der Waals surface area contributed by atoms with Crippen LogP contribution >= 0.6 is 11.6 Å². The second-order valence-electron chi connectivity index (χ2n) is 4.24. The average molecular weight is 275 g/mol. The number of ether oxygens (including phenoxy) is 1. The molecule has 0 aliphatic rings. The average Bonchev–Trinajstić information content (AvgIpc) is 2.46. The molecule has 2 nitrogen and oxygen atoms in total. The summed E-state index contributed by atoms with van der Waals surface area (Å²) >= 11 is 6.14. The molecule has 0 bridgehead atoms. The number of halogens is 1. The zero-order chi connectivity index (χ0) is 13.7. The van der Waals surface area contributed by atoms with Crippen molar-refractivity contribution in [2.24, 2.45) is 0 Å². The van der Waals surface area contributed by atoms with Gasteiger partial charge in [-0.2, -0.15) is 0 Å². The van der Waals surface area contributed by atoms with Crippen LogP contribution < -0.4 is 0 Å². The number of carbonyl (C=O) groups is 1. The van der Waals surface area contributed by atoms with Gasteiger partial charge in [0.25, 0.3) is 0 Å². The Balaban J connectivity index is 2.17. The molecular formula is C16H15ClO2. The fraction of sp³-hybridized carbons (Fsp3) is 0.188. The molecule has 1 unspecified atom stereocenters. The Bertz CT molecular complexity index is 552. The minimum Gasteiger partial charge on any atom is -0.376 e. The number of hydrogen-bond donors (Lipinski definition) is 0. The third-order valence-electron chi connectivity index (χ3n) is 3.00. The Morgan fingerprint density at radius 1 is 1.11 bits per heavy atom. The summed E-state index contributed by atoms with van der Waals surface area (Å²) in [6.07, 6.45) is -0.0362. The maximum Gasteiger partial charge on any atom is 0.165 e. The van der Waals surface area contributed by atoms with Crippen LogP contribution in [0.5, 0.6) is 0 Å². The van der Waals surface area contributed by atoms with E-state index in [9.17, 15) is 4.79 Å². The Hall–Kier alpha value is -1.64. The van der Waals surface area contributed by atoms with E-state index in [0.29, 0.717) is 10.6 Å². The van der Waals surface area contributed by atoms with Gasteiger partial charge in [-0.25, -0.2) is 0 Å². The Kier molecular flexibility index (Phi) is 4.72. The maximum atomic E-state index is 12.2. The lowest BCUT2D eigenvalue weighted by Gasteiger charge is -2.16.